The van der Waals surface area contributed by atoms with Crippen LogP contribution in [-0.4, -0.2) is 23.0 Å². The van der Waals surface area contributed by atoms with Crippen LogP contribution in [0.4, 0.5) is 0 Å². The van der Waals surface area contributed by atoms with Crippen LogP contribution >= 0.6 is 12.4 Å². The molecule has 1 aliphatic rings. The van der Waals surface area contributed by atoms with Crippen LogP contribution in [0.15, 0.2) is 0 Å². The van der Waals surface area contributed by atoms with Crippen molar-refractivity contribution < 1.29 is 0 Å². The van der Waals surface area contributed by atoms with Gasteiger partial charge >= 0.3 is 0 Å². The summed E-state index contributed by atoms with van der Waals surface area (Å²) in [6.45, 7) is 9.36. The first-order valence-corrected chi connectivity index (χ1v) is 4.60. The normalized spacial score (nSPS) is 27.8. The van der Waals surface area contributed by atoms with Crippen LogP contribution in [0.25, 0.3) is 0 Å². The minimum atomic E-state index is 0. The Morgan fingerprint density at radius 1 is 0.917 bits per heavy atom. The second-order valence-corrected chi connectivity index (χ2v) is 5.04. The van der Waals surface area contributed by atoms with Crippen molar-refractivity contribution in [1.29, 1.82) is 0 Å². The SMILES string of the molecule is CN1C(C)(C)CCCC1(C)C.Cl. The Morgan fingerprint density at radius 3 is 1.50 bits per heavy atom. The van der Waals surface area contributed by atoms with Crippen molar-refractivity contribution in [3.05, 3.63) is 0 Å². The van der Waals surface area contributed by atoms with Gasteiger partial charge in [0.25, 0.3) is 0 Å². The fourth-order valence-electron chi connectivity index (χ4n) is 2.11. The Kier molecular flexibility index (Phi) is 3.62. The van der Waals surface area contributed by atoms with Gasteiger partial charge in [-0.1, -0.05) is 0 Å². The maximum atomic E-state index is 2.52. The molecule has 0 unspecified atom stereocenters. The third kappa shape index (κ3) is 2.14. The van der Waals surface area contributed by atoms with Gasteiger partial charge in [0.05, 0.1) is 0 Å². The van der Waals surface area contributed by atoms with E-state index in [1.807, 2.05) is 0 Å². The number of likely N-dealkylation sites (tertiary alicyclic amines) is 1. The van der Waals surface area contributed by atoms with Crippen LogP contribution in [0.2, 0.25) is 0 Å². The first-order chi connectivity index (χ1) is 4.86. The van der Waals surface area contributed by atoms with Gasteiger partial charge in [-0.3, -0.25) is 4.90 Å². The summed E-state index contributed by atoms with van der Waals surface area (Å²) in [7, 11) is 2.25. The summed E-state index contributed by atoms with van der Waals surface area (Å²) in [5.41, 5.74) is 0.809. The van der Waals surface area contributed by atoms with Gasteiger partial charge in [0.2, 0.25) is 0 Å². The molecule has 1 heterocycles. The molecule has 1 saturated heterocycles. The lowest BCUT2D eigenvalue weighted by Crippen LogP contribution is -2.56. The van der Waals surface area contributed by atoms with E-state index < -0.39 is 0 Å². The number of rotatable bonds is 0. The fourth-order valence-corrected chi connectivity index (χ4v) is 2.11. The zero-order valence-electron chi connectivity index (χ0n) is 8.98. The summed E-state index contributed by atoms with van der Waals surface area (Å²) in [6, 6.07) is 0. The number of hydrogen-bond donors (Lipinski definition) is 0. The van der Waals surface area contributed by atoms with Crippen molar-refractivity contribution in [3.63, 3.8) is 0 Å². The van der Waals surface area contributed by atoms with Crippen molar-refractivity contribution in [3.8, 4) is 0 Å². The van der Waals surface area contributed by atoms with Crippen LogP contribution in [0.1, 0.15) is 47.0 Å². The summed E-state index contributed by atoms with van der Waals surface area (Å²) in [5, 5.41) is 0. The van der Waals surface area contributed by atoms with Crippen molar-refractivity contribution in [2.75, 3.05) is 7.05 Å². The topological polar surface area (TPSA) is 3.24 Å². The van der Waals surface area contributed by atoms with Crippen LogP contribution < -0.4 is 0 Å². The minimum absolute atomic E-state index is 0. The molecule has 0 aliphatic carbocycles. The Bertz CT molecular complexity index is 136. The third-order valence-corrected chi connectivity index (χ3v) is 3.39. The first-order valence-electron chi connectivity index (χ1n) is 4.60. The summed E-state index contributed by atoms with van der Waals surface area (Å²) in [5.74, 6) is 0. The molecule has 0 radical (unpaired) electrons. The molecule has 12 heavy (non-hydrogen) atoms. The molecule has 0 bridgehead atoms. The molecule has 0 amide bonds. The highest BCUT2D eigenvalue weighted by Gasteiger charge is 2.37. The summed E-state index contributed by atoms with van der Waals surface area (Å²) < 4.78 is 0. The fraction of sp³-hybridized carbons (Fsp3) is 1.00. The zero-order valence-corrected chi connectivity index (χ0v) is 9.79. The van der Waals surface area contributed by atoms with Gasteiger partial charge in [-0.2, -0.15) is 0 Å². The minimum Gasteiger partial charge on any atom is -0.296 e. The van der Waals surface area contributed by atoms with Gasteiger partial charge in [0.1, 0.15) is 0 Å². The largest absolute Gasteiger partial charge is 0.296 e. The average molecular weight is 192 g/mol. The molecule has 0 aromatic heterocycles. The predicted molar refractivity (Wildman–Crippen MR) is 57.0 cm³/mol. The first kappa shape index (κ1) is 12.2. The van der Waals surface area contributed by atoms with E-state index in [-0.39, 0.29) is 12.4 Å². The van der Waals surface area contributed by atoms with Crippen molar-refractivity contribution in [2.45, 2.75) is 58.0 Å². The smallest absolute Gasteiger partial charge is 0.0155 e. The molecule has 0 atom stereocenters. The molecule has 0 saturated carbocycles. The van der Waals surface area contributed by atoms with Gasteiger partial charge in [0.15, 0.2) is 0 Å². The Labute approximate surface area is 82.9 Å². The lowest BCUT2D eigenvalue weighted by Gasteiger charge is -2.50. The average Bonchev–Trinajstić information content (AvgIpc) is 1.82. The van der Waals surface area contributed by atoms with Gasteiger partial charge < -0.3 is 0 Å². The molecule has 2 heteroatoms. The lowest BCUT2D eigenvalue weighted by molar-refractivity contribution is -0.00199. The Morgan fingerprint density at radius 2 is 1.25 bits per heavy atom. The molecule has 1 aliphatic heterocycles. The van der Waals surface area contributed by atoms with E-state index >= 15 is 0 Å². The van der Waals surface area contributed by atoms with E-state index in [0.29, 0.717) is 11.1 Å². The molecule has 1 rings (SSSR count). The van der Waals surface area contributed by atoms with Gasteiger partial charge in [-0.05, 0) is 54.0 Å². The van der Waals surface area contributed by atoms with Gasteiger partial charge in [0, 0.05) is 11.1 Å². The Hall–Kier alpha value is 0.250. The van der Waals surface area contributed by atoms with Crippen LogP contribution in [0.3, 0.4) is 0 Å². The standard InChI is InChI=1S/C10H21N.ClH/c1-9(2)7-6-8-10(3,4)11(9)5;/h6-8H2,1-5H3;1H. The molecule has 0 aromatic rings. The molecule has 0 spiro atoms. The molecule has 0 aromatic carbocycles. The Balaban J connectivity index is 0.00000121. The van der Waals surface area contributed by atoms with Crippen LogP contribution in [-0.2, 0) is 0 Å². The van der Waals surface area contributed by atoms with E-state index in [0.717, 1.165) is 0 Å². The molecule has 0 N–H and O–H groups in total. The second kappa shape index (κ2) is 3.55. The highest BCUT2D eigenvalue weighted by molar-refractivity contribution is 5.85. The maximum Gasteiger partial charge on any atom is 0.0155 e. The van der Waals surface area contributed by atoms with Crippen molar-refractivity contribution >= 4 is 12.4 Å². The zero-order chi connectivity index (χ0) is 8.70. The van der Waals surface area contributed by atoms with E-state index in [1.165, 1.54) is 19.3 Å². The maximum absolute atomic E-state index is 2.52. The second-order valence-electron chi connectivity index (χ2n) is 5.04. The van der Waals surface area contributed by atoms with Gasteiger partial charge in [-0.25, -0.2) is 0 Å². The summed E-state index contributed by atoms with van der Waals surface area (Å²) >= 11 is 0. The highest BCUT2D eigenvalue weighted by atomic mass is 35.5. The van der Waals surface area contributed by atoms with E-state index in [4.69, 9.17) is 0 Å². The molecular weight excluding hydrogens is 170 g/mol. The molecule has 1 fully saturated rings. The quantitative estimate of drug-likeness (QED) is 0.569. The van der Waals surface area contributed by atoms with Crippen LogP contribution in [0.5, 0.6) is 0 Å². The lowest BCUT2D eigenvalue weighted by atomic mass is 9.80. The highest BCUT2D eigenvalue weighted by Crippen LogP contribution is 2.36. The molecule has 74 valence electrons. The number of nitrogens with zero attached hydrogens (tertiary/aromatic N) is 1. The molecular formula is C10H22ClN. The number of halogens is 1. The van der Waals surface area contributed by atoms with Crippen molar-refractivity contribution in [1.82, 2.24) is 4.90 Å². The summed E-state index contributed by atoms with van der Waals surface area (Å²) in [4.78, 5) is 2.52. The number of hydrogen-bond acceptors (Lipinski definition) is 1. The van der Waals surface area contributed by atoms with Crippen molar-refractivity contribution in [2.24, 2.45) is 0 Å². The summed E-state index contributed by atoms with van der Waals surface area (Å²) in [6.07, 6.45) is 4.06. The van der Waals surface area contributed by atoms with E-state index in [1.54, 1.807) is 0 Å². The van der Waals surface area contributed by atoms with Crippen LogP contribution in [0, 0.1) is 0 Å². The third-order valence-electron chi connectivity index (χ3n) is 3.39. The monoisotopic (exact) mass is 191 g/mol. The van der Waals surface area contributed by atoms with E-state index in [9.17, 15) is 0 Å². The predicted octanol–water partition coefficient (Wildman–Crippen LogP) is 3.08. The molecule has 1 nitrogen and oxygen atoms in total. The van der Waals surface area contributed by atoms with Gasteiger partial charge in [-0.15, -0.1) is 12.4 Å². The van der Waals surface area contributed by atoms with E-state index in [2.05, 4.69) is 39.6 Å². The number of piperidine rings is 1.